The van der Waals surface area contributed by atoms with Gasteiger partial charge in [-0.05, 0) is 29.7 Å². The lowest BCUT2D eigenvalue weighted by atomic mass is 10.00. The molecule has 2 aromatic carbocycles. The lowest BCUT2D eigenvalue weighted by Crippen LogP contribution is -2.68. The van der Waals surface area contributed by atoms with Gasteiger partial charge < -0.3 is 0 Å². The van der Waals surface area contributed by atoms with Crippen molar-refractivity contribution in [1.29, 1.82) is 0 Å². The molecule has 0 aliphatic carbocycles. The van der Waals surface area contributed by atoms with Crippen LogP contribution in [0.25, 0.3) is 28.2 Å². The maximum Gasteiger partial charge on any atom is 0.306 e. The molecule has 7 nitrogen and oxygen atoms in total. The predicted molar refractivity (Wildman–Crippen MR) is 105 cm³/mol. The third-order valence-corrected chi connectivity index (χ3v) is 4.55. The van der Waals surface area contributed by atoms with E-state index in [0.29, 0.717) is 0 Å². The number of halogens is 1. The standard InChI is InChI=1S/C23H22N3.ClHO4/c1-2-9-21-16-20(18-10-5-3-6-11-18)17-22(19-12-7-4-8-13-19)26(21)23-14-15-24-25-23;2-1(3,4)5/h3-8,10-17H,2,9H2,1H3,(H,24,25);(H,2,3,4,5)/q+1;/p-1. The van der Waals surface area contributed by atoms with Gasteiger partial charge in [-0.3, -0.25) is 0 Å². The molecule has 0 saturated heterocycles. The molecular weight excluding hydrogens is 418 g/mol. The molecule has 0 radical (unpaired) electrons. The van der Waals surface area contributed by atoms with E-state index in [1.54, 1.807) is 6.20 Å². The number of nitrogens with zero attached hydrogens (tertiary/aromatic N) is 2. The van der Waals surface area contributed by atoms with Gasteiger partial charge >= 0.3 is 5.82 Å². The molecule has 31 heavy (non-hydrogen) atoms. The molecule has 160 valence electrons. The molecular formula is C23H22ClN3O4. The zero-order valence-electron chi connectivity index (χ0n) is 16.9. The molecule has 0 spiro atoms. The van der Waals surface area contributed by atoms with E-state index in [-0.39, 0.29) is 0 Å². The van der Waals surface area contributed by atoms with Crippen molar-refractivity contribution in [2.45, 2.75) is 19.8 Å². The van der Waals surface area contributed by atoms with Crippen LogP contribution >= 0.6 is 0 Å². The van der Waals surface area contributed by atoms with Gasteiger partial charge in [-0.15, -0.1) is 15.3 Å². The second-order valence-electron chi connectivity index (χ2n) is 6.76. The summed E-state index contributed by atoms with van der Waals surface area (Å²) in [6, 6.07) is 27.7. The summed E-state index contributed by atoms with van der Waals surface area (Å²) in [7, 11) is -4.94. The van der Waals surface area contributed by atoms with Crippen LogP contribution in [0.4, 0.5) is 0 Å². The maximum atomic E-state index is 8.49. The molecule has 0 aliphatic rings. The third-order valence-electron chi connectivity index (χ3n) is 4.55. The summed E-state index contributed by atoms with van der Waals surface area (Å²) in [6.07, 6.45) is 3.89. The lowest BCUT2D eigenvalue weighted by molar-refractivity contribution is -2.00. The Labute approximate surface area is 182 Å². The van der Waals surface area contributed by atoms with E-state index < -0.39 is 10.2 Å². The quantitative estimate of drug-likeness (QED) is 0.445. The molecule has 8 heteroatoms. The Hall–Kier alpha value is -3.07. The highest BCUT2D eigenvalue weighted by atomic mass is 35.7. The minimum atomic E-state index is -4.94. The predicted octanol–water partition coefficient (Wildman–Crippen LogP) is 0.217. The van der Waals surface area contributed by atoms with Crippen LogP contribution in [-0.4, -0.2) is 10.2 Å². The zero-order chi connectivity index (χ0) is 22.3. The number of hydrogen-bond donors (Lipinski definition) is 1. The van der Waals surface area contributed by atoms with Gasteiger partial charge in [-0.1, -0.05) is 72.7 Å². The average molecular weight is 440 g/mol. The van der Waals surface area contributed by atoms with Crippen molar-refractivity contribution in [3.63, 3.8) is 0 Å². The van der Waals surface area contributed by atoms with Gasteiger partial charge in [0.25, 0.3) is 0 Å². The molecule has 0 aliphatic heterocycles. The Morgan fingerprint density at radius 1 is 0.806 bits per heavy atom. The number of rotatable bonds is 5. The Morgan fingerprint density at radius 2 is 1.39 bits per heavy atom. The van der Waals surface area contributed by atoms with Gasteiger partial charge in [0.15, 0.2) is 0 Å². The summed E-state index contributed by atoms with van der Waals surface area (Å²) in [5.41, 5.74) is 6.11. The summed E-state index contributed by atoms with van der Waals surface area (Å²) in [5.74, 6) is 0.993. The van der Waals surface area contributed by atoms with Crippen molar-refractivity contribution in [3.05, 3.63) is 90.8 Å². The highest BCUT2D eigenvalue weighted by Gasteiger charge is 2.20. The van der Waals surface area contributed by atoms with E-state index >= 15 is 0 Å². The summed E-state index contributed by atoms with van der Waals surface area (Å²) in [4.78, 5) is 0. The highest BCUT2D eigenvalue weighted by Crippen LogP contribution is 2.26. The van der Waals surface area contributed by atoms with E-state index in [2.05, 4.69) is 94.5 Å². The molecule has 0 bridgehead atoms. The number of pyridine rings is 1. The van der Waals surface area contributed by atoms with Crippen molar-refractivity contribution in [2.24, 2.45) is 0 Å². The molecule has 0 saturated carbocycles. The molecule has 2 heterocycles. The van der Waals surface area contributed by atoms with E-state index in [1.807, 2.05) is 6.07 Å². The largest absolute Gasteiger partial charge is 0.306 e. The Morgan fingerprint density at radius 3 is 1.90 bits per heavy atom. The van der Waals surface area contributed by atoms with Crippen LogP contribution in [0, 0.1) is 10.2 Å². The first-order valence-electron chi connectivity index (χ1n) is 9.68. The Kier molecular flexibility index (Phi) is 7.51. The maximum absolute atomic E-state index is 8.49. The highest BCUT2D eigenvalue weighted by molar-refractivity contribution is 5.69. The second-order valence-corrected chi connectivity index (χ2v) is 7.51. The number of H-pyrrole nitrogens is 1. The molecule has 4 rings (SSSR count). The first-order valence-corrected chi connectivity index (χ1v) is 10.9. The van der Waals surface area contributed by atoms with E-state index in [9.17, 15) is 0 Å². The first kappa shape index (κ1) is 22.6. The third kappa shape index (κ3) is 6.45. The topological polar surface area (TPSA) is 125 Å². The molecule has 2 aromatic heterocycles. The molecule has 0 atom stereocenters. The molecule has 0 fully saturated rings. The van der Waals surface area contributed by atoms with E-state index in [1.165, 1.54) is 28.1 Å². The van der Waals surface area contributed by atoms with E-state index in [0.717, 1.165) is 18.7 Å². The van der Waals surface area contributed by atoms with E-state index in [4.69, 9.17) is 18.6 Å². The van der Waals surface area contributed by atoms with Gasteiger partial charge in [0.1, 0.15) is 11.4 Å². The minimum Gasteiger partial charge on any atom is -0.222 e. The normalized spacial score (nSPS) is 11.0. The van der Waals surface area contributed by atoms with Crippen LogP contribution in [0.3, 0.4) is 0 Å². The minimum absolute atomic E-state index is 0.993. The molecule has 4 aromatic rings. The number of aromatic nitrogens is 3. The van der Waals surface area contributed by atoms with Crippen molar-refractivity contribution in [2.75, 3.05) is 0 Å². The number of benzene rings is 2. The van der Waals surface area contributed by atoms with Gasteiger partial charge in [-0.2, -0.15) is 4.57 Å². The Balaban J connectivity index is 0.000000491. The fourth-order valence-electron chi connectivity index (χ4n) is 3.37. The average Bonchev–Trinajstić information content (AvgIpc) is 3.28. The van der Waals surface area contributed by atoms with Crippen molar-refractivity contribution in [1.82, 2.24) is 10.2 Å². The Bertz CT molecular complexity index is 1080. The zero-order valence-corrected chi connectivity index (χ0v) is 17.7. The number of nitrogens with one attached hydrogen (secondary N) is 1. The van der Waals surface area contributed by atoms with Crippen molar-refractivity contribution in [3.8, 4) is 28.2 Å². The second kappa shape index (κ2) is 10.3. The first-order chi connectivity index (χ1) is 14.9. The monoisotopic (exact) mass is 439 g/mol. The van der Waals surface area contributed by atoms with Gasteiger partial charge in [0.2, 0.25) is 0 Å². The number of hydrogen-bond acceptors (Lipinski definition) is 5. The van der Waals surface area contributed by atoms with Crippen LogP contribution in [0.5, 0.6) is 0 Å². The van der Waals surface area contributed by atoms with Gasteiger partial charge in [0, 0.05) is 12.0 Å². The molecule has 0 amide bonds. The smallest absolute Gasteiger partial charge is 0.222 e. The summed E-state index contributed by atoms with van der Waals surface area (Å²) < 4.78 is 36.3. The van der Waals surface area contributed by atoms with Crippen LogP contribution in [-0.2, 0) is 6.42 Å². The molecule has 0 unspecified atom stereocenters. The van der Waals surface area contributed by atoms with Crippen LogP contribution in [0.15, 0.2) is 85.1 Å². The fourth-order valence-corrected chi connectivity index (χ4v) is 3.37. The van der Waals surface area contributed by atoms with Crippen LogP contribution < -0.4 is 23.2 Å². The summed E-state index contributed by atoms with van der Waals surface area (Å²) in [6.45, 7) is 2.22. The van der Waals surface area contributed by atoms with Crippen LogP contribution in [0.1, 0.15) is 19.0 Å². The van der Waals surface area contributed by atoms with Crippen LogP contribution in [0.2, 0.25) is 0 Å². The van der Waals surface area contributed by atoms with Crippen molar-refractivity contribution >= 4 is 0 Å². The van der Waals surface area contributed by atoms with Gasteiger partial charge in [0.05, 0.1) is 12.3 Å². The van der Waals surface area contributed by atoms with Gasteiger partial charge in [-0.25, -0.2) is 18.6 Å². The SMILES string of the molecule is CCCc1cc(-c2ccccc2)cc(-c2ccccc2)[n+]1-c1ccn[nH]1.[O-][Cl+3]([O-])([O-])[O-]. The summed E-state index contributed by atoms with van der Waals surface area (Å²) >= 11 is 0. The number of aromatic amines is 1. The molecule has 1 N–H and O–H groups in total. The lowest BCUT2D eigenvalue weighted by Gasteiger charge is -2.17. The fraction of sp³-hybridized carbons (Fsp3) is 0.130. The number of aryl methyl sites for hydroxylation is 1. The van der Waals surface area contributed by atoms with Crippen molar-refractivity contribution < 1.29 is 33.4 Å². The summed E-state index contributed by atoms with van der Waals surface area (Å²) in [5, 5.41) is 7.30.